The maximum absolute atomic E-state index is 11.8. The molecular weight excluding hydrogens is 212 g/mol. The second-order valence-corrected chi connectivity index (χ2v) is 2.63. The summed E-state index contributed by atoms with van der Waals surface area (Å²) in [5, 5.41) is 19.1. The van der Waals surface area contributed by atoms with Crippen LogP contribution in [0.4, 0.5) is 14.5 Å². The third-order valence-corrected chi connectivity index (χ3v) is 1.57. The van der Waals surface area contributed by atoms with Crippen LogP contribution in [0.3, 0.4) is 0 Å². The van der Waals surface area contributed by atoms with Crippen molar-refractivity contribution in [3.63, 3.8) is 0 Å². The Morgan fingerprint density at radius 1 is 1.47 bits per heavy atom. The van der Waals surface area contributed by atoms with Gasteiger partial charge in [-0.25, -0.2) is 0 Å². The van der Waals surface area contributed by atoms with E-state index in [1.165, 1.54) is 0 Å². The van der Waals surface area contributed by atoms with E-state index >= 15 is 0 Å². The van der Waals surface area contributed by atoms with Crippen LogP contribution in [0.5, 0.6) is 5.75 Å². The van der Waals surface area contributed by atoms with E-state index in [0.29, 0.717) is 0 Å². The van der Waals surface area contributed by atoms with Gasteiger partial charge in [0.05, 0.1) is 17.6 Å². The zero-order chi connectivity index (χ0) is 11.4. The van der Waals surface area contributed by atoms with Crippen LogP contribution < -0.4 is 4.74 Å². The number of ether oxygens (including phenoxy) is 1. The van der Waals surface area contributed by atoms with E-state index in [2.05, 4.69) is 4.74 Å². The van der Waals surface area contributed by atoms with Crippen LogP contribution in [0.25, 0.3) is 0 Å². The van der Waals surface area contributed by atoms with Crippen molar-refractivity contribution in [1.29, 1.82) is 0 Å². The molecule has 0 amide bonds. The van der Waals surface area contributed by atoms with Gasteiger partial charge in [0, 0.05) is 6.07 Å². The van der Waals surface area contributed by atoms with Gasteiger partial charge in [0.15, 0.2) is 0 Å². The normalized spacial score (nSPS) is 10.4. The quantitative estimate of drug-likeness (QED) is 0.617. The lowest BCUT2D eigenvalue weighted by atomic mass is 10.2. The van der Waals surface area contributed by atoms with Gasteiger partial charge in [0.25, 0.3) is 5.69 Å². The molecule has 0 radical (unpaired) electrons. The third kappa shape index (κ3) is 3.13. The maximum Gasteiger partial charge on any atom is 0.387 e. The SMILES string of the molecule is O=[N+]([O-])c1cc(CO)cc(OC(F)F)c1. The first-order chi connectivity index (χ1) is 7.02. The summed E-state index contributed by atoms with van der Waals surface area (Å²) >= 11 is 0. The van der Waals surface area contributed by atoms with Gasteiger partial charge in [-0.3, -0.25) is 10.1 Å². The molecule has 1 aromatic rings. The Kier molecular flexibility index (Phi) is 3.51. The predicted octanol–water partition coefficient (Wildman–Crippen LogP) is 1.69. The lowest BCUT2D eigenvalue weighted by molar-refractivity contribution is -0.385. The summed E-state index contributed by atoms with van der Waals surface area (Å²) in [5.74, 6) is -0.344. The molecule has 0 atom stereocenters. The second-order valence-electron chi connectivity index (χ2n) is 2.63. The van der Waals surface area contributed by atoms with Crippen molar-refractivity contribution < 1.29 is 23.5 Å². The Morgan fingerprint density at radius 3 is 2.60 bits per heavy atom. The van der Waals surface area contributed by atoms with Crippen LogP contribution in [0.15, 0.2) is 18.2 Å². The number of benzene rings is 1. The monoisotopic (exact) mass is 219 g/mol. The molecule has 0 fully saturated rings. The first-order valence-corrected chi connectivity index (χ1v) is 3.87. The number of aliphatic hydroxyl groups is 1. The Labute approximate surface area is 83.1 Å². The van der Waals surface area contributed by atoms with Crippen LogP contribution >= 0.6 is 0 Å². The molecule has 15 heavy (non-hydrogen) atoms. The lowest BCUT2D eigenvalue weighted by Gasteiger charge is -2.05. The van der Waals surface area contributed by atoms with Crippen molar-refractivity contribution in [2.24, 2.45) is 0 Å². The molecule has 0 aliphatic heterocycles. The van der Waals surface area contributed by atoms with E-state index in [4.69, 9.17) is 5.11 Å². The average molecular weight is 219 g/mol. The second kappa shape index (κ2) is 4.65. The Balaban J connectivity index is 3.05. The highest BCUT2D eigenvalue weighted by Gasteiger charge is 2.12. The summed E-state index contributed by atoms with van der Waals surface area (Å²) < 4.78 is 27.7. The molecule has 1 aromatic carbocycles. The molecule has 0 aromatic heterocycles. The number of nitro groups is 1. The molecule has 1 rings (SSSR count). The summed E-state index contributed by atoms with van der Waals surface area (Å²) in [6, 6.07) is 3.06. The van der Waals surface area contributed by atoms with E-state index in [1.807, 2.05) is 0 Å². The highest BCUT2D eigenvalue weighted by molar-refractivity contribution is 5.42. The van der Waals surface area contributed by atoms with Gasteiger partial charge < -0.3 is 9.84 Å². The summed E-state index contributed by atoms with van der Waals surface area (Å²) in [6.07, 6.45) is 0. The van der Waals surface area contributed by atoms with Gasteiger partial charge in [0.1, 0.15) is 5.75 Å². The largest absolute Gasteiger partial charge is 0.435 e. The average Bonchev–Trinajstić information content (AvgIpc) is 2.16. The summed E-state index contributed by atoms with van der Waals surface area (Å²) in [4.78, 5) is 9.64. The third-order valence-electron chi connectivity index (χ3n) is 1.57. The van der Waals surface area contributed by atoms with Gasteiger partial charge in [-0.2, -0.15) is 8.78 Å². The fourth-order valence-corrected chi connectivity index (χ4v) is 1.01. The Morgan fingerprint density at radius 2 is 2.13 bits per heavy atom. The molecule has 0 saturated heterocycles. The highest BCUT2D eigenvalue weighted by atomic mass is 19.3. The van der Waals surface area contributed by atoms with Crippen molar-refractivity contribution in [2.45, 2.75) is 13.2 Å². The molecule has 0 heterocycles. The minimum absolute atomic E-state index is 0.139. The first kappa shape index (κ1) is 11.3. The number of halogens is 2. The van der Waals surface area contributed by atoms with E-state index in [-0.39, 0.29) is 11.3 Å². The fraction of sp³-hybridized carbons (Fsp3) is 0.250. The van der Waals surface area contributed by atoms with Gasteiger partial charge in [-0.1, -0.05) is 0 Å². The highest BCUT2D eigenvalue weighted by Crippen LogP contribution is 2.24. The Bertz CT molecular complexity index is 370. The van der Waals surface area contributed by atoms with Crippen molar-refractivity contribution in [3.8, 4) is 5.75 Å². The van der Waals surface area contributed by atoms with Crippen LogP contribution in [0, 0.1) is 10.1 Å². The minimum atomic E-state index is -3.06. The van der Waals surface area contributed by atoms with Gasteiger partial charge >= 0.3 is 6.61 Å². The molecule has 0 aliphatic carbocycles. The van der Waals surface area contributed by atoms with Gasteiger partial charge in [-0.15, -0.1) is 0 Å². The number of aliphatic hydroxyl groups excluding tert-OH is 1. The summed E-state index contributed by atoms with van der Waals surface area (Å²) in [6.45, 7) is -3.54. The molecular formula is C8H7F2NO4. The molecule has 0 bridgehead atoms. The van der Waals surface area contributed by atoms with Crippen molar-refractivity contribution >= 4 is 5.69 Å². The molecule has 82 valence electrons. The standard InChI is InChI=1S/C8H7F2NO4/c9-8(10)15-7-2-5(4-12)1-6(3-7)11(13)14/h1-3,8,12H,4H2. The number of nitro benzene ring substituents is 1. The number of non-ortho nitro benzene ring substituents is 1. The number of rotatable bonds is 4. The predicted molar refractivity (Wildman–Crippen MR) is 45.7 cm³/mol. The Hall–Kier alpha value is -1.76. The first-order valence-electron chi connectivity index (χ1n) is 3.87. The number of nitrogens with zero attached hydrogens (tertiary/aromatic N) is 1. The van der Waals surface area contributed by atoms with Gasteiger partial charge in [-0.05, 0) is 11.6 Å². The minimum Gasteiger partial charge on any atom is -0.435 e. The zero-order valence-electron chi connectivity index (χ0n) is 7.39. The molecule has 0 saturated carbocycles. The van der Waals surface area contributed by atoms with Crippen molar-refractivity contribution in [2.75, 3.05) is 0 Å². The molecule has 0 unspecified atom stereocenters. The summed E-state index contributed by atoms with van der Waals surface area (Å²) in [5.41, 5.74) is -0.267. The van der Waals surface area contributed by atoms with E-state index < -0.39 is 23.8 Å². The number of alkyl halides is 2. The number of hydrogen-bond acceptors (Lipinski definition) is 4. The van der Waals surface area contributed by atoms with Crippen molar-refractivity contribution in [1.82, 2.24) is 0 Å². The number of hydrogen-bond donors (Lipinski definition) is 1. The maximum atomic E-state index is 11.8. The van der Waals surface area contributed by atoms with Crippen LogP contribution in [-0.2, 0) is 6.61 Å². The zero-order valence-corrected chi connectivity index (χ0v) is 7.39. The van der Waals surface area contributed by atoms with E-state index in [1.54, 1.807) is 0 Å². The smallest absolute Gasteiger partial charge is 0.387 e. The van der Waals surface area contributed by atoms with E-state index in [9.17, 15) is 18.9 Å². The van der Waals surface area contributed by atoms with Gasteiger partial charge in [0.2, 0.25) is 0 Å². The van der Waals surface area contributed by atoms with Crippen LogP contribution in [0.1, 0.15) is 5.56 Å². The molecule has 0 spiro atoms. The lowest BCUT2D eigenvalue weighted by Crippen LogP contribution is -2.03. The molecule has 1 N–H and O–H groups in total. The molecule has 7 heteroatoms. The van der Waals surface area contributed by atoms with Crippen LogP contribution in [-0.4, -0.2) is 16.6 Å². The summed E-state index contributed by atoms with van der Waals surface area (Å²) in [7, 11) is 0. The molecule has 0 aliphatic rings. The topological polar surface area (TPSA) is 72.6 Å². The molecule has 5 nitrogen and oxygen atoms in total. The van der Waals surface area contributed by atoms with Crippen molar-refractivity contribution in [3.05, 3.63) is 33.9 Å². The van der Waals surface area contributed by atoms with E-state index in [0.717, 1.165) is 18.2 Å². The van der Waals surface area contributed by atoms with Crippen LogP contribution in [0.2, 0.25) is 0 Å². The fourth-order valence-electron chi connectivity index (χ4n) is 1.01.